The number of nitrogens with one attached hydrogen (secondary N) is 1. The van der Waals surface area contributed by atoms with Gasteiger partial charge in [-0.2, -0.15) is 5.26 Å². The van der Waals surface area contributed by atoms with Crippen LogP contribution in [0.25, 0.3) is 0 Å². The molecule has 0 spiro atoms. The Bertz CT molecular complexity index is 343. The largest absolute Gasteiger partial charge is 0.385 e. The van der Waals surface area contributed by atoms with Gasteiger partial charge < -0.3 is 11.1 Å². The highest BCUT2D eigenvalue weighted by molar-refractivity contribution is 5.49. The summed E-state index contributed by atoms with van der Waals surface area (Å²) in [6, 6.07) is 9.62. The zero-order chi connectivity index (χ0) is 9.68. The highest BCUT2D eigenvalue weighted by atomic mass is 15.0. The van der Waals surface area contributed by atoms with E-state index < -0.39 is 0 Å². The molecule has 0 aliphatic carbocycles. The van der Waals surface area contributed by atoms with Gasteiger partial charge in [0, 0.05) is 5.69 Å². The molecule has 0 aliphatic rings. The number of hydrogen-bond donors (Lipinski definition) is 2. The van der Waals surface area contributed by atoms with Crippen LogP contribution >= 0.6 is 0 Å². The third kappa shape index (κ3) is 2.88. The van der Waals surface area contributed by atoms with Gasteiger partial charge in [0.05, 0.1) is 12.1 Å². The fourth-order valence-electron chi connectivity index (χ4n) is 0.909. The van der Waals surface area contributed by atoms with Gasteiger partial charge in [-0.05, 0) is 19.1 Å². The van der Waals surface area contributed by atoms with Crippen LogP contribution in [0, 0.1) is 18.3 Å². The molecule has 0 atom stereocenters. The molecule has 0 saturated heterocycles. The van der Waals surface area contributed by atoms with Crippen LogP contribution in [0.15, 0.2) is 36.2 Å². The average molecular weight is 173 g/mol. The lowest BCUT2D eigenvalue weighted by molar-refractivity contribution is 1.30. The van der Waals surface area contributed by atoms with Crippen LogP contribution in [0.2, 0.25) is 0 Å². The van der Waals surface area contributed by atoms with Gasteiger partial charge >= 0.3 is 0 Å². The third-order valence-corrected chi connectivity index (χ3v) is 1.56. The van der Waals surface area contributed by atoms with Gasteiger partial charge in [-0.15, -0.1) is 0 Å². The Morgan fingerprint density at radius 1 is 1.46 bits per heavy atom. The molecule has 13 heavy (non-hydrogen) atoms. The Hall–Kier alpha value is -1.95. The third-order valence-electron chi connectivity index (χ3n) is 1.56. The van der Waals surface area contributed by atoms with E-state index in [1.54, 1.807) is 0 Å². The van der Waals surface area contributed by atoms with Gasteiger partial charge in [0.25, 0.3) is 0 Å². The summed E-state index contributed by atoms with van der Waals surface area (Å²) >= 11 is 0. The maximum atomic E-state index is 8.31. The number of aryl methyl sites for hydroxylation is 1. The van der Waals surface area contributed by atoms with Crippen LogP contribution in [0.1, 0.15) is 5.56 Å². The Labute approximate surface area is 77.5 Å². The number of hydrogen-bond acceptors (Lipinski definition) is 3. The standard InChI is InChI=1S/C10H11N3/c1-8-2-4-9(5-3-8)13-10(12)6-7-11/h2-6,13H,12H2,1H3. The van der Waals surface area contributed by atoms with Crippen molar-refractivity contribution in [1.82, 2.24) is 0 Å². The van der Waals surface area contributed by atoms with E-state index in [0.717, 1.165) is 5.69 Å². The van der Waals surface area contributed by atoms with Crippen LogP contribution in [0.5, 0.6) is 0 Å². The first-order valence-corrected chi connectivity index (χ1v) is 3.91. The van der Waals surface area contributed by atoms with Crippen molar-refractivity contribution in [1.29, 1.82) is 5.26 Å². The molecule has 3 N–H and O–H groups in total. The monoisotopic (exact) mass is 173 g/mol. The van der Waals surface area contributed by atoms with Crippen molar-refractivity contribution >= 4 is 5.69 Å². The molecule has 0 amide bonds. The van der Waals surface area contributed by atoms with Crippen molar-refractivity contribution in [2.75, 3.05) is 5.32 Å². The summed E-state index contributed by atoms with van der Waals surface area (Å²) in [7, 11) is 0. The SMILES string of the molecule is Cc1ccc(NC(N)=CC#N)cc1. The number of allylic oxidation sites excluding steroid dienone is 1. The summed E-state index contributed by atoms with van der Waals surface area (Å²) in [6.07, 6.45) is 1.26. The molecule has 0 aliphatic heterocycles. The quantitative estimate of drug-likeness (QED) is 0.669. The Kier molecular flexibility index (Phi) is 2.93. The van der Waals surface area contributed by atoms with Gasteiger partial charge in [0.1, 0.15) is 5.82 Å². The molecule has 3 nitrogen and oxygen atoms in total. The van der Waals surface area contributed by atoms with E-state index in [1.165, 1.54) is 11.6 Å². The average Bonchev–Trinajstić information content (AvgIpc) is 2.09. The lowest BCUT2D eigenvalue weighted by Crippen LogP contribution is -2.08. The van der Waals surface area contributed by atoms with Crippen LogP contribution in [-0.2, 0) is 0 Å². The number of nitriles is 1. The van der Waals surface area contributed by atoms with Crippen LogP contribution in [-0.4, -0.2) is 0 Å². The molecule has 3 heteroatoms. The smallest absolute Gasteiger partial charge is 0.111 e. The van der Waals surface area contributed by atoms with Gasteiger partial charge in [-0.1, -0.05) is 17.7 Å². The zero-order valence-electron chi connectivity index (χ0n) is 7.41. The number of nitrogens with zero attached hydrogens (tertiary/aromatic N) is 1. The Morgan fingerprint density at radius 3 is 2.62 bits per heavy atom. The van der Waals surface area contributed by atoms with Crippen LogP contribution in [0.4, 0.5) is 5.69 Å². The lowest BCUT2D eigenvalue weighted by Gasteiger charge is -2.04. The molecule has 1 aromatic carbocycles. The molecule has 0 saturated carbocycles. The molecule has 0 unspecified atom stereocenters. The topological polar surface area (TPSA) is 61.8 Å². The molecular weight excluding hydrogens is 162 g/mol. The first-order valence-electron chi connectivity index (χ1n) is 3.91. The molecule has 0 aromatic heterocycles. The van der Waals surface area contributed by atoms with E-state index in [-0.39, 0.29) is 0 Å². The van der Waals surface area contributed by atoms with E-state index in [1.807, 2.05) is 37.3 Å². The van der Waals surface area contributed by atoms with Crippen molar-refractivity contribution in [2.45, 2.75) is 6.92 Å². The summed E-state index contributed by atoms with van der Waals surface area (Å²) in [5.74, 6) is 0.353. The molecule has 0 radical (unpaired) electrons. The minimum atomic E-state index is 0.353. The minimum absolute atomic E-state index is 0.353. The Morgan fingerprint density at radius 2 is 2.08 bits per heavy atom. The molecule has 0 fully saturated rings. The van der Waals surface area contributed by atoms with E-state index in [9.17, 15) is 0 Å². The lowest BCUT2D eigenvalue weighted by atomic mass is 10.2. The van der Waals surface area contributed by atoms with Crippen LogP contribution < -0.4 is 11.1 Å². The highest BCUT2D eigenvalue weighted by Gasteiger charge is 1.91. The molecule has 66 valence electrons. The summed E-state index contributed by atoms with van der Waals surface area (Å²) in [6.45, 7) is 2.01. The second-order valence-corrected chi connectivity index (χ2v) is 2.72. The second kappa shape index (κ2) is 4.17. The maximum Gasteiger partial charge on any atom is 0.111 e. The normalized spacial score (nSPS) is 10.6. The van der Waals surface area contributed by atoms with Crippen molar-refractivity contribution < 1.29 is 0 Å². The number of nitrogens with two attached hydrogens (primary N) is 1. The number of benzene rings is 1. The first-order chi connectivity index (χ1) is 6.22. The summed E-state index contributed by atoms with van der Waals surface area (Å²) in [5, 5.41) is 11.2. The van der Waals surface area contributed by atoms with Crippen molar-refractivity contribution in [3.8, 4) is 6.07 Å². The highest BCUT2D eigenvalue weighted by Crippen LogP contribution is 2.09. The van der Waals surface area contributed by atoms with E-state index in [4.69, 9.17) is 11.0 Å². The minimum Gasteiger partial charge on any atom is -0.385 e. The molecule has 0 bridgehead atoms. The fourth-order valence-corrected chi connectivity index (χ4v) is 0.909. The molecule has 1 aromatic rings. The van der Waals surface area contributed by atoms with Crippen LogP contribution in [0.3, 0.4) is 0 Å². The second-order valence-electron chi connectivity index (χ2n) is 2.72. The molecular formula is C10H11N3. The number of anilines is 1. The fraction of sp³-hybridized carbons (Fsp3) is 0.100. The predicted octanol–water partition coefficient (Wildman–Crippen LogP) is 1.73. The van der Waals surface area contributed by atoms with E-state index in [2.05, 4.69) is 5.32 Å². The number of rotatable bonds is 2. The van der Waals surface area contributed by atoms with Gasteiger partial charge in [-0.25, -0.2) is 0 Å². The predicted molar refractivity (Wildman–Crippen MR) is 52.7 cm³/mol. The Balaban J connectivity index is 2.71. The first kappa shape index (κ1) is 9.14. The van der Waals surface area contributed by atoms with Crippen molar-refractivity contribution in [2.24, 2.45) is 5.73 Å². The van der Waals surface area contributed by atoms with Gasteiger partial charge in [0.2, 0.25) is 0 Å². The van der Waals surface area contributed by atoms with E-state index >= 15 is 0 Å². The van der Waals surface area contributed by atoms with Crippen molar-refractivity contribution in [3.05, 3.63) is 41.7 Å². The summed E-state index contributed by atoms with van der Waals surface area (Å²) < 4.78 is 0. The summed E-state index contributed by atoms with van der Waals surface area (Å²) in [5.41, 5.74) is 7.55. The zero-order valence-corrected chi connectivity index (χ0v) is 7.41. The molecule has 0 heterocycles. The van der Waals surface area contributed by atoms with Gasteiger partial charge in [-0.3, -0.25) is 0 Å². The van der Waals surface area contributed by atoms with Gasteiger partial charge in [0.15, 0.2) is 0 Å². The van der Waals surface area contributed by atoms with Crippen molar-refractivity contribution in [3.63, 3.8) is 0 Å². The summed E-state index contributed by atoms with van der Waals surface area (Å²) in [4.78, 5) is 0. The maximum absolute atomic E-state index is 8.31. The molecule has 1 rings (SSSR count). The van der Waals surface area contributed by atoms with E-state index in [0.29, 0.717) is 5.82 Å².